The average molecular weight is 283 g/mol. The number of nitrogens with zero attached hydrogens (tertiary/aromatic N) is 3. The van der Waals surface area contributed by atoms with Gasteiger partial charge in [0.1, 0.15) is 10.7 Å². The van der Waals surface area contributed by atoms with Crippen LogP contribution in [0, 0.1) is 11.3 Å². The van der Waals surface area contributed by atoms with Crippen LogP contribution in [-0.2, 0) is 14.6 Å². The molecule has 1 rings (SSSR count). The molecule has 104 valence electrons. The van der Waals surface area contributed by atoms with Crippen LogP contribution < -0.4 is 4.90 Å². The standard InChI is InChI=1S/C12H17N3O3S/c1-18-10-9-15(8-4-6-13)12-11(19(2,16)17)5-3-7-14-12/h3,5,7H,4,8-10H2,1-2H3. The molecule has 0 unspecified atom stereocenters. The van der Waals surface area contributed by atoms with Gasteiger partial charge in [-0.2, -0.15) is 5.26 Å². The number of hydrogen-bond acceptors (Lipinski definition) is 6. The summed E-state index contributed by atoms with van der Waals surface area (Å²) in [4.78, 5) is 6.06. The van der Waals surface area contributed by atoms with E-state index in [0.717, 1.165) is 6.26 Å². The molecule has 0 aromatic carbocycles. The Morgan fingerprint density at radius 1 is 1.47 bits per heavy atom. The van der Waals surface area contributed by atoms with Gasteiger partial charge in [0.05, 0.1) is 19.1 Å². The summed E-state index contributed by atoms with van der Waals surface area (Å²) in [5.74, 6) is 0.373. The van der Waals surface area contributed by atoms with Crippen molar-refractivity contribution in [2.75, 3.05) is 38.0 Å². The molecule has 0 bridgehead atoms. The topological polar surface area (TPSA) is 83.3 Å². The van der Waals surface area contributed by atoms with Gasteiger partial charge < -0.3 is 9.64 Å². The molecule has 0 radical (unpaired) electrons. The molecule has 0 spiro atoms. The predicted molar refractivity (Wildman–Crippen MR) is 71.7 cm³/mol. The van der Waals surface area contributed by atoms with Gasteiger partial charge in [0.2, 0.25) is 0 Å². The summed E-state index contributed by atoms with van der Waals surface area (Å²) in [6, 6.07) is 5.14. The molecule has 0 saturated carbocycles. The summed E-state index contributed by atoms with van der Waals surface area (Å²) < 4.78 is 28.5. The van der Waals surface area contributed by atoms with Crippen molar-refractivity contribution in [1.29, 1.82) is 5.26 Å². The van der Waals surface area contributed by atoms with Crippen molar-refractivity contribution in [1.82, 2.24) is 4.98 Å². The molecule has 1 heterocycles. The molecule has 0 saturated heterocycles. The monoisotopic (exact) mass is 283 g/mol. The number of methoxy groups -OCH3 is 1. The van der Waals surface area contributed by atoms with E-state index in [1.807, 2.05) is 6.07 Å². The number of anilines is 1. The van der Waals surface area contributed by atoms with E-state index in [1.165, 1.54) is 12.3 Å². The Morgan fingerprint density at radius 3 is 2.79 bits per heavy atom. The van der Waals surface area contributed by atoms with E-state index in [2.05, 4.69) is 4.98 Å². The fourth-order valence-electron chi connectivity index (χ4n) is 1.62. The first-order valence-corrected chi connectivity index (χ1v) is 7.65. The highest BCUT2D eigenvalue weighted by Crippen LogP contribution is 2.22. The van der Waals surface area contributed by atoms with Gasteiger partial charge in [-0.25, -0.2) is 13.4 Å². The van der Waals surface area contributed by atoms with Gasteiger partial charge in [-0.05, 0) is 12.1 Å². The third kappa shape index (κ3) is 4.50. The molecule has 0 N–H and O–H groups in total. The molecule has 0 aliphatic heterocycles. The Hall–Kier alpha value is -1.65. The number of sulfone groups is 1. The first-order valence-electron chi connectivity index (χ1n) is 5.76. The maximum atomic E-state index is 11.7. The fourth-order valence-corrected chi connectivity index (χ4v) is 2.46. The van der Waals surface area contributed by atoms with Crippen molar-refractivity contribution in [3.05, 3.63) is 18.3 Å². The SMILES string of the molecule is COCCN(CCC#N)c1ncccc1S(C)(=O)=O. The van der Waals surface area contributed by atoms with Crippen molar-refractivity contribution in [2.45, 2.75) is 11.3 Å². The van der Waals surface area contributed by atoms with Crippen molar-refractivity contribution in [3.63, 3.8) is 0 Å². The molecule has 6 nitrogen and oxygen atoms in total. The smallest absolute Gasteiger partial charge is 0.179 e. The Kier molecular flexibility index (Phi) is 5.73. The highest BCUT2D eigenvalue weighted by Gasteiger charge is 2.18. The van der Waals surface area contributed by atoms with Gasteiger partial charge in [-0.15, -0.1) is 0 Å². The minimum Gasteiger partial charge on any atom is -0.383 e. The minimum absolute atomic E-state index is 0.170. The average Bonchev–Trinajstić information content (AvgIpc) is 2.38. The van der Waals surface area contributed by atoms with Gasteiger partial charge in [-0.1, -0.05) is 0 Å². The molecule has 0 fully saturated rings. The minimum atomic E-state index is -3.36. The normalized spacial score (nSPS) is 11.0. The number of hydrogen-bond donors (Lipinski definition) is 0. The largest absolute Gasteiger partial charge is 0.383 e. The van der Waals surface area contributed by atoms with Crippen LogP contribution in [0.15, 0.2) is 23.2 Å². The molecule has 0 atom stereocenters. The molecule has 0 amide bonds. The van der Waals surface area contributed by atoms with Crippen LogP contribution in [0.1, 0.15) is 6.42 Å². The summed E-state index contributed by atoms with van der Waals surface area (Å²) >= 11 is 0. The molecule has 1 aromatic heterocycles. The Labute approximate surface area is 113 Å². The van der Waals surface area contributed by atoms with E-state index in [-0.39, 0.29) is 4.90 Å². The molecule has 0 aliphatic rings. The molecule has 0 aliphatic carbocycles. The summed E-state index contributed by atoms with van der Waals surface area (Å²) in [7, 11) is -1.79. The lowest BCUT2D eigenvalue weighted by atomic mass is 10.3. The van der Waals surface area contributed by atoms with Crippen LogP contribution in [0.5, 0.6) is 0 Å². The van der Waals surface area contributed by atoms with Crippen LogP contribution in [0.2, 0.25) is 0 Å². The molecular formula is C12H17N3O3S. The van der Waals surface area contributed by atoms with E-state index in [9.17, 15) is 8.42 Å². The maximum Gasteiger partial charge on any atom is 0.179 e. The van der Waals surface area contributed by atoms with Crippen LogP contribution in [0.4, 0.5) is 5.82 Å². The van der Waals surface area contributed by atoms with Gasteiger partial charge >= 0.3 is 0 Å². The Bertz CT molecular complexity index is 552. The van der Waals surface area contributed by atoms with Crippen LogP contribution in [-0.4, -0.2) is 46.5 Å². The number of pyridine rings is 1. The lowest BCUT2D eigenvalue weighted by Crippen LogP contribution is -2.30. The number of rotatable bonds is 7. The zero-order chi connectivity index (χ0) is 14.3. The summed E-state index contributed by atoms with van der Waals surface area (Å²) in [6.45, 7) is 1.34. The lowest BCUT2D eigenvalue weighted by molar-refractivity contribution is 0.205. The third-order valence-electron chi connectivity index (χ3n) is 2.51. The summed E-state index contributed by atoms with van der Waals surface area (Å²) in [6.07, 6.45) is 2.98. The maximum absolute atomic E-state index is 11.7. The quantitative estimate of drug-likeness (QED) is 0.737. The van der Waals surface area contributed by atoms with E-state index in [1.54, 1.807) is 18.1 Å². The van der Waals surface area contributed by atoms with Crippen LogP contribution in [0.25, 0.3) is 0 Å². The highest BCUT2D eigenvalue weighted by atomic mass is 32.2. The van der Waals surface area contributed by atoms with E-state index in [0.29, 0.717) is 31.9 Å². The summed E-state index contributed by atoms with van der Waals surface area (Å²) in [5, 5.41) is 8.67. The van der Waals surface area contributed by atoms with Crippen LogP contribution in [0.3, 0.4) is 0 Å². The number of aromatic nitrogens is 1. The van der Waals surface area contributed by atoms with Gasteiger partial charge in [0.15, 0.2) is 9.84 Å². The second kappa shape index (κ2) is 7.07. The van der Waals surface area contributed by atoms with Crippen molar-refractivity contribution < 1.29 is 13.2 Å². The molecule has 1 aromatic rings. The third-order valence-corrected chi connectivity index (χ3v) is 3.63. The van der Waals surface area contributed by atoms with Gasteiger partial charge in [0.25, 0.3) is 0 Å². The van der Waals surface area contributed by atoms with Gasteiger partial charge in [0, 0.05) is 32.7 Å². The predicted octanol–water partition coefficient (Wildman–Crippen LogP) is 0.852. The van der Waals surface area contributed by atoms with E-state index >= 15 is 0 Å². The summed E-state index contributed by atoms with van der Waals surface area (Å²) in [5.41, 5.74) is 0. The fraction of sp³-hybridized carbons (Fsp3) is 0.500. The Balaban J connectivity index is 3.11. The first-order chi connectivity index (χ1) is 9.00. The lowest BCUT2D eigenvalue weighted by Gasteiger charge is -2.24. The zero-order valence-corrected chi connectivity index (χ0v) is 11.9. The van der Waals surface area contributed by atoms with Crippen molar-refractivity contribution >= 4 is 15.7 Å². The van der Waals surface area contributed by atoms with E-state index in [4.69, 9.17) is 10.00 Å². The van der Waals surface area contributed by atoms with E-state index < -0.39 is 9.84 Å². The van der Waals surface area contributed by atoms with Crippen molar-refractivity contribution in [2.24, 2.45) is 0 Å². The second-order valence-electron chi connectivity index (χ2n) is 3.99. The molecule has 19 heavy (non-hydrogen) atoms. The molecule has 7 heteroatoms. The van der Waals surface area contributed by atoms with Crippen molar-refractivity contribution in [3.8, 4) is 6.07 Å². The molecular weight excluding hydrogens is 266 g/mol. The first kappa shape index (κ1) is 15.4. The van der Waals surface area contributed by atoms with Crippen LogP contribution >= 0.6 is 0 Å². The van der Waals surface area contributed by atoms with Gasteiger partial charge in [-0.3, -0.25) is 0 Å². The zero-order valence-electron chi connectivity index (χ0n) is 11.0. The Morgan fingerprint density at radius 2 is 2.21 bits per heavy atom. The second-order valence-corrected chi connectivity index (χ2v) is 5.97. The highest BCUT2D eigenvalue weighted by molar-refractivity contribution is 7.90. The number of ether oxygens (including phenoxy) is 1. The number of nitriles is 1.